The maximum absolute atomic E-state index is 13.5. The van der Waals surface area contributed by atoms with Crippen molar-refractivity contribution >= 4 is 33.2 Å². The lowest BCUT2D eigenvalue weighted by Crippen LogP contribution is -2.50. The molecule has 1 unspecified atom stereocenters. The van der Waals surface area contributed by atoms with Crippen LogP contribution >= 0.6 is 0 Å². The number of carbonyl (C=O) groups excluding carboxylic acids is 2. The molecule has 5 rings (SSSR count). The van der Waals surface area contributed by atoms with Crippen LogP contribution in [0.4, 0.5) is 16.2 Å². The van der Waals surface area contributed by atoms with E-state index in [4.69, 9.17) is 0 Å². The molecule has 2 aliphatic rings. The fourth-order valence-corrected chi connectivity index (χ4v) is 6.93. The van der Waals surface area contributed by atoms with Gasteiger partial charge in [0.1, 0.15) is 5.37 Å². The predicted molar refractivity (Wildman–Crippen MR) is 150 cm³/mol. The maximum atomic E-state index is 13.5. The molecule has 1 aromatic heterocycles. The Morgan fingerprint density at radius 3 is 2.51 bits per heavy atom. The van der Waals surface area contributed by atoms with Crippen molar-refractivity contribution in [3.05, 3.63) is 96.8 Å². The molecule has 0 aliphatic carbocycles. The van der Waals surface area contributed by atoms with Gasteiger partial charge in [-0.1, -0.05) is 30.3 Å². The number of rotatable bonds is 8. The van der Waals surface area contributed by atoms with E-state index in [2.05, 4.69) is 22.2 Å². The van der Waals surface area contributed by atoms with Gasteiger partial charge in [0.25, 0.3) is 0 Å². The lowest BCUT2D eigenvalue weighted by Gasteiger charge is -2.39. The Balaban J connectivity index is 1.19. The summed E-state index contributed by atoms with van der Waals surface area (Å²) < 4.78 is 27.1. The summed E-state index contributed by atoms with van der Waals surface area (Å²) in [4.78, 5) is 32.9. The first-order chi connectivity index (χ1) is 18.9. The van der Waals surface area contributed by atoms with Crippen LogP contribution in [0.2, 0.25) is 0 Å². The number of hydrogen-bond acceptors (Lipinski definition) is 6. The van der Waals surface area contributed by atoms with Gasteiger partial charge in [-0.3, -0.25) is 14.7 Å². The molecule has 1 atom stereocenters. The van der Waals surface area contributed by atoms with Crippen LogP contribution in [0, 0.1) is 0 Å². The van der Waals surface area contributed by atoms with Gasteiger partial charge in [0, 0.05) is 49.4 Å². The van der Waals surface area contributed by atoms with Gasteiger partial charge in [0.15, 0.2) is 9.84 Å². The van der Waals surface area contributed by atoms with Crippen molar-refractivity contribution in [3.8, 4) is 0 Å². The summed E-state index contributed by atoms with van der Waals surface area (Å²) in [6.45, 7) is 5.20. The molecule has 39 heavy (non-hydrogen) atoms. The Labute approximate surface area is 228 Å². The quantitative estimate of drug-likeness (QED) is 0.417. The van der Waals surface area contributed by atoms with Gasteiger partial charge in [0.2, 0.25) is 5.91 Å². The van der Waals surface area contributed by atoms with Crippen LogP contribution in [0.15, 0.2) is 90.6 Å². The van der Waals surface area contributed by atoms with Crippen LogP contribution in [0.25, 0.3) is 0 Å². The molecule has 2 aliphatic heterocycles. The van der Waals surface area contributed by atoms with Crippen molar-refractivity contribution in [2.75, 3.05) is 23.3 Å². The first kappa shape index (κ1) is 26.6. The predicted octanol–water partition coefficient (Wildman–Crippen LogP) is 3.74. The number of carbonyl (C=O) groups is 2. The first-order valence-electron chi connectivity index (χ1n) is 12.9. The second kappa shape index (κ2) is 11.4. The molecule has 3 heterocycles. The molecular formula is C29H31N5O4S. The van der Waals surface area contributed by atoms with Crippen molar-refractivity contribution in [3.63, 3.8) is 0 Å². The number of para-hydroxylation sites is 1. The summed E-state index contributed by atoms with van der Waals surface area (Å²) in [6.07, 6.45) is 6.56. The molecule has 202 valence electrons. The Hall–Kier alpha value is -4.02. The van der Waals surface area contributed by atoms with Gasteiger partial charge in [0.05, 0.1) is 11.3 Å². The number of aromatic nitrogens is 1. The minimum atomic E-state index is -3.75. The number of likely N-dealkylation sites (tertiary alicyclic amines) is 1. The fourth-order valence-electron chi connectivity index (χ4n) is 5.28. The molecule has 10 heteroatoms. The van der Waals surface area contributed by atoms with E-state index in [0.29, 0.717) is 44.6 Å². The zero-order valence-corrected chi connectivity index (χ0v) is 22.3. The van der Waals surface area contributed by atoms with Gasteiger partial charge >= 0.3 is 6.03 Å². The number of fused-ring (bicyclic) bond motifs is 1. The maximum Gasteiger partial charge on any atom is 0.319 e. The third-order valence-corrected chi connectivity index (χ3v) is 9.28. The molecule has 2 N–H and O–H groups in total. The third kappa shape index (κ3) is 5.71. The van der Waals surface area contributed by atoms with Gasteiger partial charge in [-0.25, -0.2) is 13.2 Å². The summed E-state index contributed by atoms with van der Waals surface area (Å²) in [7, 11) is -3.75. The standard InChI is InChI=1S/C29H31N5O4S/c1-2-28(33-16-13-24(14-17-33)34-26-8-4-3-7-22(26)18-27(34)35)39(37,38)25-11-9-23(10-12-25)32-29(36)31-20-21-6-5-15-30-19-21/h2-12,15,19,24,28H,1,13-14,16-18,20H2,(H2,31,32,36). The topological polar surface area (TPSA) is 112 Å². The van der Waals surface area contributed by atoms with Crippen molar-refractivity contribution < 1.29 is 18.0 Å². The summed E-state index contributed by atoms with van der Waals surface area (Å²) in [5.74, 6) is 0.0991. The monoisotopic (exact) mass is 545 g/mol. The summed E-state index contributed by atoms with van der Waals surface area (Å²) in [6, 6.07) is 17.3. The number of amides is 3. The van der Waals surface area contributed by atoms with Gasteiger partial charge in [-0.15, -0.1) is 6.58 Å². The van der Waals surface area contributed by atoms with Crippen molar-refractivity contribution in [1.82, 2.24) is 15.2 Å². The highest BCUT2D eigenvalue weighted by molar-refractivity contribution is 7.92. The van der Waals surface area contributed by atoms with Crippen LogP contribution in [0.1, 0.15) is 24.0 Å². The molecule has 9 nitrogen and oxygen atoms in total. The lowest BCUT2D eigenvalue weighted by molar-refractivity contribution is -0.118. The fraction of sp³-hybridized carbons (Fsp3) is 0.276. The van der Waals surface area contributed by atoms with Crippen LogP contribution in [-0.2, 0) is 27.6 Å². The number of piperidine rings is 1. The lowest BCUT2D eigenvalue weighted by atomic mass is 10.0. The number of anilines is 2. The second-order valence-corrected chi connectivity index (χ2v) is 11.7. The van der Waals surface area contributed by atoms with E-state index in [1.54, 1.807) is 30.6 Å². The number of hydrogen-bond donors (Lipinski definition) is 2. The van der Waals surface area contributed by atoms with Crippen LogP contribution in [0.5, 0.6) is 0 Å². The Bertz CT molecular complexity index is 1450. The Kier molecular flexibility index (Phi) is 7.76. The molecule has 1 saturated heterocycles. The van der Waals surface area contributed by atoms with Gasteiger partial charge in [-0.05, 0) is 60.4 Å². The Morgan fingerprint density at radius 1 is 1.08 bits per heavy atom. The van der Waals surface area contributed by atoms with Crippen molar-refractivity contribution in [2.45, 2.75) is 42.1 Å². The van der Waals surface area contributed by atoms with E-state index in [1.807, 2.05) is 40.1 Å². The minimum Gasteiger partial charge on any atom is -0.334 e. The van der Waals surface area contributed by atoms with Crippen LogP contribution in [0.3, 0.4) is 0 Å². The first-order valence-corrected chi connectivity index (χ1v) is 14.5. The van der Waals surface area contributed by atoms with Gasteiger partial charge in [-0.2, -0.15) is 0 Å². The van der Waals surface area contributed by atoms with Crippen molar-refractivity contribution in [2.24, 2.45) is 0 Å². The third-order valence-electron chi connectivity index (χ3n) is 7.22. The zero-order chi connectivity index (χ0) is 27.4. The number of urea groups is 1. The molecule has 2 aromatic carbocycles. The largest absolute Gasteiger partial charge is 0.334 e. The van der Waals surface area contributed by atoms with E-state index in [1.165, 1.54) is 18.2 Å². The minimum absolute atomic E-state index is 0.0419. The summed E-state index contributed by atoms with van der Waals surface area (Å²) in [5.41, 5.74) is 3.35. The molecule has 0 saturated carbocycles. The summed E-state index contributed by atoms with van der Waals surface area (Å²) in [5, 5.41) is 4.57. The number of benzene rings is 2. The SMILES string of the molecule is C=CC(N1CCC(N2C(=O)Cc3ccccc32)CC1)S(=O)(=O)c1ccc(NC(=O)NCc2cccnc2)cc1. The molecule has 0 spiro atoms. The van der Waals surface area contributed by atoms with Crippen LogP contribution < -0.4 is 15.5 Å². The van der Waals surface area contributed by atoms with Crippen LogP contribution in [-0.4, -0.2) is 54.7 Å². The summed E-state index contributed by atoms with van der Waals surface area (Å²) >= 11 is 0. The number of nitrogens with zero attached hydrogens (tertiary/aromatic N) is 3. The van der Waals surface area contributed by atoms with Crippen molar-refractivity contribution in [1.29, 1.82) is 0 Å². The van der Waals surface area contributed by atoms with Gasteiger partial charge < -0.3 is 15.5 Å². The molecular weight excluding hydrogens is 514 g/mol. The number of nitrogens with one attached hydrogen (secondary N) is 2. The average molecular weight is 546 g/mol. The number of pyridine rings is 1. The highest BCUT2D eigenvalue weighted by atomic mass is 32.2. The number of sulfone groups is 1. The molecule has 1 fully saturated rings. The highest BCUT2D eigenvalue weighted by Gasteiger charge is 2.38. The average Bonchev–Trinajstić information content (AvgIpc) is 3.29. The highest BCUT2D eigenvalue weighted by Crippen LogP contribution is 2.34. The Morgan fingerprint density at radius 2 is 1.82 bits per heavy atom. The zero-order valence-electron chi connectivity index (χ0n) is 21.5. The van der Waals surface area contributed by atoms with E-state index in [9.17, 15) is 18.0 Å². The van der Waals surface area contributed by atoms with E-state index in [-0.39, 0.29) is 16.8 Å². The van der Waals surface area contributed by atoms with E-state index >= 15 is 0 Å². The normalized spacial score (nSPS) is 16.9. The molecule has 0 radical (unpaired) electrons. The molecule has 3 aromatic rings. The smallest absolute Gasteiger partial charge is 0.319 e. The van der Waals surface area contributed by atoms with E-state index < -0.39 is 21.2 Å². The van der Waals surface area contributed by atoms with E-state index in [0.717, 1.165) is 16.8 Å². The second-order valence-electron chi connectivity index (χ2n) is 9.70. The molecule has 3 amide bonds. The molecule has 0 bridgehead atoms.